The van der Waals surface area contributed by atoms with Crippen molar-refractivity contribution < 1.29 is 14.7 Å². The summed E-state index contributed by atoms with van der Waals surface area (Å²) < 4.78 is 0. The summed E-state index contributed by atoms with van der Waals surface area (Å²) in [4.78, 5) is 25.5. The zero-order chi connectivity index (χ0) is 14.0. The highest BCUT2D eigenvalue weighted by Crippen LogP contribution is 2.31. The summed E-state index contributed by atoms with van der Waals surface area (Å²) in [6, 6.07) is 1.95. The fraction of sp³-hybridized carbons (Fsp3) is 0.571. The number of carbonyl (C=O) groups excluding carboxylic acids is 1. The van der Waals surface area contributed by atoms with Gasteiger partial charge in [-0.1, -0.05) is 0 Å². The maximum Gasteiger partial charge on any atom is 0.311 e. The van der Waals surface area contributed by atoms with Crippen molar-refractivity contribution in [2.24, 2.45) is 5.41 Å². The number of rotatable bonds is 3. The first kappa shape index (κ1) is 14.1. The van der Waals surface area contributed by atoms with Crippen LogP contribution < -0.4 is 0 Å². The normalized spacial score (nSPS) is 25.1. The van der Waals surface area contributed by atoms with E-state index in [1.807, 2.05) is 23.8 Å². The van der Waals surface area contributed by atoms with Crippen LogP contribution in [-0.2, 0) is 9.59 Å². The van der Waals surface area contributed by atoms with Crippen LogP contribution in [-0.4, -0.2) is 35.0 Å². The van der Waals surface area contributed by atoms with Crippen LogP contribution in [0.15, 0.2) is 16.8 Å². The number of likely N-dealkylation sites (tertiary alicyclic amines) is 1. The van der Waals surface area contributed by atoms with E-state index in [4.69, 9.17) is 0 Å². The smallest absolute Gasteiger partial charge is 0.311 e. The van der Waals surface area contributed by atoms with E-state index in [0.717, 1.165) is 12.0 Å². The van der Waals surface area contributed by atoms with Crippen LogP contribution >= 0.6 is 11.3 Å². The molecule has 2 unspecified atom stereocenters. The Bertz CT molecular complexity index is 471. The van der Waals surface area contributed by atoms with Gasteiger partial charge in [-0.15, -0.1) is 0 Å². The van der Waals surface area contributed by atoms with Crippen molar-refractivity contribution >= 4 is 23.2 Å². The van der Waals surface area contributed by atoms with Crippen molar-refractivity contribution in [1.29, 1.82) is 0 Å². The van der Waals surface area contributed by atoms with Crippen LogP contribution in [0.3, 0.4) is 0 Å². The van der Waals surface area contributed by atoms with E-state index in [1.165, 1.54) is 0 Å². The molecular weight excluding hydrogens is 262 g/mol. The number of hydrogen-bond donors (Lipinski definition) is 1. The average molecular weight is 281 g/mol. The monoisotopic (exact) mass is 281 g/mol. The molecule has 104 valence electrons. The molecule has 4 nitrogen and oxygen atoms in total. The average Bonchev–Trinajstić information content (AvgIpc) is 2.90. The number of amides is 1. The van der Waals surface area contributed by atoms with Gasteiger partial charge in [0.05, 0.1) is 11.3 Å². The summed E-state index contributed by atoms with van der Waals surface area (Å²) in [7, 11) is 0. The van der Waals surface area contributed by atoms with Crippen LogP contribution in [0.5, 0.6) is 0 Å². The number of thiophene rings is 1. The molecule has 0 saturated carbocycles. The van der Waals surface area contributed by atoms with Crippen molar-refractivity contribution in [3.05, 3.63) is 22.4 Å². The summed E-state index contributed by atoms with van der Waals surface area (Å²) in [5, 5.41) is 13.2. The molecule has 0 bridgehead atoms. The Morgan fingerprint density at radius 3 is 2.84 bits per heavy atom. The van der Waals surface area contributed by atoms with Crippen molar-refractivity contribution in [2.75, 3.05) is 13.1 Å². The summed E-state index contributed by atoms with van der Waals surface area (Å²) in [5.74, 6) is -0.971. The molecule has 1 aromatic rings. The van der Waals surface area contributed by atoms with Crippen LogP contribution in [0.4, 0.5) is 0 Å². The van der Waals surface area contributed by atoms with E-state index in [1.54, 1.807) is 23.2 Å². The highest BCUT2D eigenvalue weighted by atomic mass is 32.1. The predicted octanol–water partition coefficient (Wildman–Crippen LogP) is 2.56. The highest BCUT2D eigenvalue weighted by molar-refractivity contribution is 7.08. The van der Waals surface area contributed by atoms with Crippen molar-refractivity contribution in [1.82, 2.24) is 4.90 Å². The summed E-state index contributed by atoms with van der Waals surface area (Å²) in [6.07, 6.45) is 1.39. The minimum atomic E-state index is -0.812. The number of nitrogens with zero attached hydrogens (tertiary/aromatic N) is 1. The molecular formula is C14H19NO3S. The number of aliphatic carboxylic acids is 1. The van der Waals surface area contributed by atoms with E-state index in [-0.39, 0.29) is 11.8 Å². The van der Waals surface area contributed by atoms with Gasteiger partial charge in [0.15, 0.2) is 0 Å². The van der Waals surface area contributed by atoms with E-state index >= 15 is 0 Å². The molecule has 1 aliphatic rings. The molecule has 0 aromatic carbocycles. The van der Waals surface area contributed by atoms with Crippen molar-refractivity contribution in [3.8, 4) is 0 Å². The second-order valence-corrected chi connectivity index (χ2v) is 6.29. The maximum absolute atomic E-state index is 12.4. The van der Waals surface area contributed by atoms with Crippen molar-refractivity contribution in [3.63, 3.8) is 0 Å². The molecule has 2 heterocycles. The molecule has 1 aliphatic heterocycles. The van der Waals surface area contributed by atoms with Crippen LogP contribution in [0.1, 0.15) is 38.2 Å². The first-order chi connectivity index (χ1) is 8.94. The third-order valence-corrected chi connectivity index (χ3v) is 4.64. The van der Waals surface area contributed by atoms with Crippen LogP contribution in [0.25, 0.3) is 0 Å². The molecule has 2 rings (SSSR count). The number of hydrogen-bond acceptors (Lipinski definition) is 3. The Morgan fingerprint density at radius 1 is 1.53 bits per heavy atom. The number of carboxylic acid groups (broad SMARTS) is 1. The lowest BCUT2D eigenvalue weighted by atomic mass is 9.81. The minimum Gasteiger partial charge on any atom is -0.481 e. The second kappa shape index (κ2) is 5.33. The lowest BCUT2D eigenvalue weighted by molar-refractivity contribution is -0.153. The van der Waals surface area contributed by atoms with Gasteiger partial charge in [-0.25, -0.2) is 0 Å². The Kier molecular flexibility index (Phi) is 3.94. The van der Waals surface area contributed by atoms with Crippen LogP contribution in [0, 0.1) is 5.41 Å². The SMILES string of the molecule is CC(C(=O)N1CCCC(C)(C(=O)O)C1)c1ccsc1. The molecule has 5 heteroatoms. The molecule has 1 amide bonds. The van der Waals surface area contributed by atoms with Gasteiger partial charge >= 0.3 is 5.97 Å². The van der Waals surface area contributed by atoms with Crippen molar-refractivity contribution in [2.45, 2.75) is 32.6 Å². The van der Waals surface area contributed by atoms with E-state index in [9.17, 15) is 14.7 Å². The second-order valence-electron chi connectivity index (χ2n) is 5.51. The molecule has 1 N–H and O–H groups in total. The fourth-order valence-electron chi connectivity index (χ4n) is 2.54. The summed E-state index contributed by atoms with van der Waals surface area (Å²) in [5.41, 5.74) is 0.208. The Labute approximate surface area is 117 Å². The molecule has 0 aliphatic carbocycles. The quantitative estimate of drug-likeness (QED) is 0.926. The van der Waals surface area contributed by atoms with Gasteiger partial charge in [0.25, 0.3) is 0 Å². The third-order valence-electron chi connectivity index (χ3n) is 3.94. The highest BCUT2D eigenvalue weighted by Gasteiger charge is 2.40. The standard InChI is InChI=1S/C14H19NO3S/c1-10(11-4-7-19-8-11)12(16)15-6-3-5-14(2,9-15)13(17)18/h4,7-8,10H,3,5-6,9H2,1-2H3,(H,17,18). The Balaban J connectivity index is 2.09. The van der Waals surface area contributed by atoms with Gasteiger partial charge < -0.3 is 10.0 Å². The van der Waals surface area contributed by atoms with Gasteiger partial charge in [-0.2, -0.15) is 11.3 Å². The number of piperidine rings is 1. The van der Waals surface area contributed by atoms with E-state index < -0.39 is 11.4 Å². The molecule has 0 spiro atoms. The molecule has 1 saturated heterocycles. The van der Waals surface area contributed by atoms with E-state index in [0.29, 0.717) is 19.5 Å². The molecule has 0 radical (unpaired) electrons. The summed E-state index contributed by atoms with van der Waals surface area (Å²) >= 11 is 1.57. The molecule has 1 fully saturated rings. The number of carboxylic acids is 1. The van der Waals surface area contributed by atoms with Gasteiger partial charge in [-0.3, -0.25) is 9.59 Å². The molecule has 19 heavy (non-hydrogen) atoms. The maximum atomic E-state index is 12.4. The Hall–Kier alpha value is -1.36. The lowest BCUT2D eigenvalue weighted by Gasteiger charge is -2.38. The Morgan fingerprint density at radius 2 is 2.26 bits per heavy atom. The lowest BCUT2D eigenvalue weighted by Crippen LogP contribution is -2.49. The minimum absolute atomic E-state index is 0.0329. The molecule has 1 aromatic heterocycles. The van der Waals surface area contributed by atoms with Gasteiger partial charge in [0.2, 0.25) is 5.91 Å². The zero-order valence-electron chi connectivity index (χ0n) is 11.3. The fourth-order valence-corrected chi connectivity index (χ4v) is 3.29. The van der Waals surface area contributed by atoms with E-state index in [2.05, 4.69) is 0 Å². The first-order valence-corrected chi connectivity index (χ1v) is 7.42. The first-order valence-electron chi connectivity index (χ1n) is 6.48. The number of carbonyl (C=O) groups is 2. The third kappa shape index (κ3) is 2.81. The van der Waals surface area contributed by atoms with Gasteiger partial charge in [0, 0.05) is 13.1 Å². The molecule has 2 atom stereocenters. The summed E-state index contributed by atoms with van der Waals surface area (Å²) in [6.45, 7) is 4.59. The van der Waals surface area contributed by atoms with Gasteiger partial charge in [0.1, 0.15) is 0 Å². The topological polar surface area (TPSA) is 57.6 Å². The van der Waals surface area contributed by atoms with Crippen LogP contribution in [0.2, 0.25) is 0 Å². The zero-order valence-corrected chi connectivity index (χ0v) is 12.1. The largest absolute Gasteiger partial charge is 0.481 e. The predicted molar refractivity (Wildman–Crippen MR) is 74.3 cm³/mol. The van der Waals surface area contributed by atoms with Gasteiger partial charge in [-0.05, 0) is 49.1 Å².